The molecule has 1 heterocycles. The Morgan fingerprint density at radius 1 is 0.929 bits per heavy atom. The third-order valence-corrected chi connectivity index (χ3v) is 6.22. The lowest BCUT2D eigenvalue weighted by Gasteiger charge is -2.25. The predicted octanol–water partition coefficient (Wildman–Crippen LogP) is -2.68. The molecule has 1 unspecified atom stereocenters. The van der Waals surface area contributed by atoms with Gasteiger partial charge < -0.3 is 31.9 Å². The average molecular weight is 428 g/mol. The van der Waals surface area contributed by atoms with Gasteiger partial charge in [0.15, 0.2) is 9.84 Å². The molecule has 154 valence electrons. The molecule has 2 aromatic carbocycles. The van der Waals surface area contributed by atoms with Crippen molar-refractivity contribution in [3.8, 4) is 11.5 Å². The lowest BCUT2D eigenvalue weighted by molar-refractivity contribution is -0.899. The van der Waals surface area contributed by atoms with Crippen LogP contribution in [0.25, 0.3) is 0 Å². The highest BCUT2D eigenvalue weighted by Crippen LogP contribution is 2.18. The number of ether oxygens (including phenoxy) is 2. The van der Waals surface area contributed by atoms with E-state index >= 15 is 0 Å². The molecule has 1 fully saturated rings. The van der Waals surface area contributed by atoms with Crippen LogP contribution >= 0.6 is 0 Å². The first-order chi connectivity index (χ1) is 13.0. The number of benzene rings is 2. The highest BCUT2D eigenvalue weighted by Gasteiger charge is 2.26. The topological polar surface area (TPSA) is 77.3 Å². The smallest absolute Gasteiger partial charge is 0.161 e. The number of hydrogen-bond acceptors (Lipinski definition) is 5. The van der Waals surface area contributed by atoms with Crippen molar-refractivity contribution < 1.29 is 40.3 Å². The Bertz CT molecular complexity index is 800. The van der Waals surface area contributed by atoms with Gasteiger partial charge in [-0.3, -0.25) is 0 Å². The van der Waals surface area contributed by atoms with E-state index in [1.807, 2.05) is 54.6 Å². The summed E-state index contributed by atoms with van der Waals surface area (Å²) < 4.78 is 34.2. The van der Waals surface area contributed by atoms with Crippen molar-refractivity contribution in [2.45, 2.75) is 12.7 Å². The Morgan fingerprint density at radius 3 is 2.11 bits per heavy atom. The maximum absolute atomic E-state index is 11.4. The lowest BCUT2D eigenvalue weighted by Crippen LogP contribution is -3.15. The molecule has 2 aromatic rings. The second-order valence-corrected chi connectivity index (χ2v) is 9.12. The van der Waals surface area contributed by atoms with Gasteiger partial charge in [-0.05, 0) is 29.8 Å². The van der Waals surface area contributed by atoms with Crippen LogP contribution in [0.3, 0.4) is 0 Å². The number of quaternary nitrogens is 1. The van der Waals surface area contributed by atoms with Gasteiger partial charge in [-0.1, -0.05) is 30.3 Å². The lowest BCUT2D eigenvalue weighted by atomic mass is 10.2. The van der Waals surface area contributed by atoms with Crippen LogP contribution in [-0.2, 0) is 16.4 Å². The van der Waals surface area contributed by atoms with Crippen LogP contribution in [0.5, 0.6) is 11.5 Å². The van der Waals surface area contributed by atoms with Crippen LogP contribution in [0.4, 0.5) is 0 Å². The van der Waals surface area contributed by atoms with E-state index in [1.165, 1.54) is 0 Å². The summed E-state index contributed by atoms with van der Waals surface area (Å²) in [6, 6.07) is 17.3. The summed E-state index contributed by atoms with van der Waals surface area (Å²) in [5, 5.41) is 10.1. The molecule has 28 heavy (non-hydrogen) atoms. The molecule has 3 rings (SSSR count). The van der Waals surface area contributed by atoms with Crippen LogP contribution in [-0.4, -0.2) is 57.4 Å². The Hall–Kier alpha value is -1.80. The van der Waals surface area contributed by atoms with E-state index in [4.69, 9.17) is 9.47 Å². The molecule has 1 saturated heterocycles. The molecule has 0 aliphatic carbocycles. The number of hydrogen-bond donors (Lipinski definition) is 2. The minimum absolute atomic E-state index is 0. The molecule has 1 atom stereocenters. The molecule has 0 radical (unpaired) electrons. The van der Waals surface area contributed by atoms with Gasteiger partial charge in [0.05, 0.1) is 24.6 Å². The molecule has 6 nitrogen and oxygen atoms in total. The molecule has 1 aliphatic rings. The van der Waals surface area contributed by atoms with Crippen molar-refractivity contribution in [2.75, 3.05) is 37.7 Å². The van der Waals surface area contributed by atoms with E-state index in [2.05, 4.69) is 0 Å². The summed E-state index contributed by atoms with van der Waals surface area (Å²) in [5.41, 5.74) is 1.11. The summed E-state index contributed by atoms with van der Waals surface area (Å²) in [6.45, 7) is 2.28. The van der Waals surface area contributed by atoms with Crippen molar-refractivity contribution >= 4 is 9.84 Å². The molecule has 1 aliphatic heterocycles. The first-order valence-corrected chi connectivity index (χ1v) is 10.9. The van der Waals surface area contributed by atoms with Crippen LogP contribution in [0.1, 0.15) is 5.56 Å². The molecule has 0 spiro atoms. The van der Waals surface area contributed by atoms with Gasteiger partial charge in [-0.15, -0.1) is 0 Å². The molecule has 0 saturated carbocycles. The van der Waals surface area contributed by atoms with Crippen LogP contribution in [0.2, 0.25) is 0 Å². The zero-order valence-corrected chi connectivity index (χ0v) is 17.2. The first kappa shape index (κ1) is 22.5. The number of rotatable bonds is 8. The summed E-state index contributed by atoms with van der Waals surface area (Å²) >= 11 is 0. The third-order valence-electron chi connectivity index (χ3n) is 4.57. The third kappa shape index (κ3) is 7.31. The number of aliphatic hydroxyl groups is 1. The van der Waals surface area contributed by atoms with Gasteiger partial charge in [-0.25, -0.2) is 8.42 Å². The summed E-state index contributed by atoms with van der Waals surface area (Å²) in [4.78, 5) is 1.10. The number of aliphatic hydroxyl groups excluding tert-OH is 1. The minimum Gasteiger partial charge on any atom is -1.00 e. The van der Waals surface area contributed by atoms with Crippen molar-refractivity contribution in [3.63, 3.8) is 0 Å². The monoisotopic (exact) mass is 427 g/mol. The van der Waals surface area contributed by atoms with E-state index in [9.17, 15) is 13.5 Å². The van der Waals surface area contributed by atoms with E-state index in [1.54, 1.807) is 0 Å². The van der Waals surface area contributed by atoms with Gasteiger partial charge in [0.2, 0.25) is 0 Å². The van der Waals surface area contributed by atoms with Crippen molar-refractivity contribution in [2.24, 2.45) is 0 Å². The number of halogens is 1. The predicted molar refractivity (Wildman–Crippen MR) is 103 cm³/mol. The molecule has 8 heteroatoms. The Morgan fingerprint density at radius 2 is 1.50 bits per heavy atom. The second kappa shape index (κ2) is 10.7. The average Bonchev–Trinajstić information content (AvgIpc) is 2.68. The van der Waals surface area contributed by atoms with Crippen LogP contribution < -0.4 is 26.8 Å². The van der Waals surface area contributed by atoms with Gasteiger partial charge in [0.1, 0.15) is 37.4 Å². The summed E-state index contributed by atoms with van der Waals surface area (Å²) in [6.07, 6.45) is -0.630. The van der Waals surface area contributed by atoms with E-state index in [0.717, 1.165) is 16.2 Å². The minimum atomic E-state index is -2.88. The largest absolute Gasteiger partial charge is 1.00 e. The standard InChI is InChI=1S/C20H25NO5S.ClH/c22-18(14-21-10-12-27(23,24)13-11-21)16-26-20-8-6-19(7-9-20)25-15-17-4-2-1-3-5-17;/h1-9,18,22H,10-16H2;1H. The zero-order valence-electron chi connectivity index (χ0n) is 15.6. The van der Waals surface area contributed by atoms with Gasteiger partial charge in [0, 0.05) is 0 Å². The van der Waals surface area contributed by atoms with Gasteiger partial charge >= 0.3 is 0 Å². The summed E-state index contributed by atoms with van der Waals surface area (Å²) in [7, 11) is -2.88. The van der Waals surface area contributed by atoms with E-state index in [-0.39, 0.29) is 30.5 Å². The second-order valence-electron chi connectivity index (χ2n) is 6.82. The maximum Gasteiger partial charge on any atom is 0.161 e. The Labute approximate surface area is 172 Å². The molecule has 0 amide bonds. The Kier molecular flexibility index (Phi) is 8.57. The zero-order chi connectivity index (χ0) is 19.1. The highest BCUT2D eigenvalue weighted by molar-refractivity contribution is 7.91. The maximum atomic E-state index is 11.4. The van der Waals surface area contributed by atoms with Crippen molar-refractivity contribution in [1.29, 1.82) is 0 Å². The molecule has 0 aromatic heterocycles. The highest BCUT2D eigenvalue weighted by atomic mass is 35.5. The molecule has 0 bridgehead atoms. The SMILES string of the molecule is O=S1(=O)CC[NH+](CC(O)COc2ccc(OCc3ccccc3)cc2)CC1.[Cl-]. The van der Waals surface area contributed by atoms with Gasteiger partial charge in [-0.2, -0.15) is 0 Å². The number of sulfone groups is 1. The van der Waals surface area contributed by atoms with Crippen molar-refractivity contribution in [1.82, 2.24) is 0 Å². The van der Waals surface area contributed by atoms with Crippen LogP contribution in [0.15, 0.2) is 54.6 Å². The molecule has 2 N–H and O–H groups in total. The van der Waals surface area contributed by atoms with Crippen molar-refractivity contribution in [3.05, 3.63) is 60.2 Å². The first-order valence-electron chi connectivity index (χ1n) is 9.12. The van der Waals surface area contributed by atoms with Crippen LogP contribution in [0, 0.1) is 0 Å². The number of nitrogens with one attached hydrogen (secondary N) is 1. The van der Waals surface area contributed by atoms with E-state index in [0.29, 0.717) is 32.0 Å². The fourth-order valence-electron chi connectivity index (χ4n) is 2.99. The Balaban J connectivity index is 0.00000280. The quantitative estimate of drug-likeness (QED) is 0.480. The molecular formula is C20H26ClNO5S. The van der Waals surface area contributed by atoms with E-state index < -0.39 is 15.9 Å². The fraction of sp³-hybridized carbons (Fsp3) is 0.400. The van der Waals surface area contributed by atoms with Gasteiger partial charge in [0.25, 0.3) is 0 Å². The fourth-order valence-corrected chi connectivity index (χ4v) is 4.39. The summed E-state index contributed by atoms with van der Waals surface area (Å²) in [5.74, 6) is 1.81. The molecular weight excluding hydrogens is 402 g/mol. The normalized spacial score (nSPS) is 17.3.